The minimum atomic E-state index is -4.51. The van der Waals surface area contributed by atoms with E-state index < -0.39 is 35.4 Å². The molecule has 1 aromatic heterocycles. The molecule has 2 aromatic carbocycles. The number of para-hydroxylation sites is 2. The van der Waals surface area contributed by atoms with Crippen molar-refractivity contribution >= 4 is 17.5 Å². The summed E-state index contributed by atoms with van der Waals surface area (Å²) in [6.45, 7) is 0.142. The molecule has 0 aliphatic carbocycles. The SMILES string of the molecule is CN1C[C@H](c2cccc(C(F)(F)F)c2)[C@@H](C(=O)Nc2ccccc2-n2cncn2)C1=O. The summed E-state index contributed by atoms with van der Waals surface area (Å²) in [4.78, 5) is 31.1. The lowest BCUT2D eigenvalue weighted by molar-refractivity contribution is -0.137. The van der Waals surface area contributed by atoms with Crippen LogP contribution in [0.1, 0.15) is 17.0 Å². The molecule has 0 saturated carbocycles. The molecule has 0 spiro atoms. The third kappa shape index (κ3) is 4.00. The van der Waals surface area contributed by atoms with E-state index in [-0.39, 0.29) is 12.1 Å². The van der Waals surface area contributed by atoms with Crippen LogP contribution in [-0.4, -0.2) is 45.1 Å². The zero-order chi connectivity index (χ0) is 22.2. The predicted octanol–water partition coefficient (Wildman–Crippen LogP) is 3.10. The molecule has 1 fully saturated rings. The second-order valence-electron chi connectivity index (χ2n) is 7.27. The highest BCUT2D eigenvalue weighted by Gasteiger charge is 2.45. The molecule has 2 heterocycles. The van der Waals surface area contributed by atoms with Crippen LogP contribution in [0.2, 0.25) is 0 Å². The number of nitrogens with one attached hydrogen (secondary N) is 1. The quantitative estimate of drug-likeness (QED) is 0.647. The molecule has 1 N–H and O–H groups in total. The molecule has 0 unspecified atom stereocenters. The molecule has 10 heteroatoms. The summed E-state index contributed by atoms with van der Waals surface area (Å²) < 4.78 is 40.9. The zero-order valence-corrected chi connectivity index (χ0v) is 16.4. The number of likely N-dealkylation sites (N-methyl/N-ethyl adjacent to an activating group) is 1. The van der Waals surface area contributed by atoms with Crippen LogP contribution < -0.4 is 5.32 Å². The third-order valence-electron chi connectivity index (χ3n) is 5.27. The molecule has 3 aromatic rings. The van der Waals surface area contributed by atoms with Crippen LogP contribution in [0.3, 0.4) is 0 Å². The fourth-order valence-electron chi connectivity index (χ4n) is 3.76. The van der Waals surface area contributed by atoms with Crippen LogP contribution in [0.5, 0.6) is 0 Å². The minimum Gasteiger partial charge on any atom is -0.344 e. The Morgan fingerprint density at radius 2 is 1.94 bits per heavy atom. The number of aromatic nitrogens is 3. The van der Waals surface area contributed by atoms with E-state index in [9.17, 15) is 22.8 Å². The molecular weight excluding hydrogens is 411 g/mol. The number of hydrogen-bond donors (Lipinski definition) is 1. The molecule has 1 aliphatic rings. The first-order valence-electron chi connectivity index (χ1n) is 9.42. The average molecular weight is 429 g/mol. The van der Waals surface area contributed by atoms with Gasteiger partial charge in [0, 0.05) is 19.5 Å². The van der Waals surface area contributed by atoms with Gasteiger partial charge >= 0.3 is 6.18 Å². The normalized spacial score (nSPS) is 19.0. The molecule has 4 rings (SSSR count). The molecule has 2 amide bonds. The van der Waals surface area contributed by atoms with E-state index in [0.29, 0.717) is 11.4 Å². The molecule has 7 nitrogen and oxygen atoms in total. The summed E-state index contributed by atoms with van der Waals surface area (Å²) in [7, 11) is 1.53. The maximum atomic E-state index is 13.2. The second kappa shape index (κ2) is 7.86. The van der Waals surface area contributed by atoms with Crippen molar-refractivity contribution in [2.24, 2.45) is 5.92 Å². The van der Waals surface area contributed by atoms with Crippen molar-refractivity contribution in [1.29, 1.82) is 0 Å². The van der Waals surface area contributed by atoms with E-state index in [1.807, 2.05) is 0 Å². The van der Waals surface area contributed by atoms with Gasteiger partial charge < -0.3 is 10.2 Å². The van der Waals surface area contributed by atoms with Crippen molar-refractivity contribution in [3.63, 3.8) is 0 Å². The van der Waals surface area contributed by atoms with Crippen molar-refractivity contribution in [2.45, 2.75) is 12.1 Å². The molecule has 31 heavy (non-hydrogen) atoms. The maximum Gasteiger partial charge on any atom is 0.416 e. The fraction of sp³-hybridized carbons (Fsp3) is 0.238. The first-order chi connectivity index (χ1) is 14.8. The molecular formula is C21H18F3N5O2. The van der Waals surface area contributed by atoms with E-state index in [1.54, 1.807) is 24.3 Å². The molecule has 160 valence electrons. The number of amides is 2. The zero-order valence-electron chi connectivity index (χ0n) is 16.4. The topological polar surface area (TPSA) is 80.1 Å². The smallest absolute Gasteiger partial charge is 0.344 e. The number of hydrogen-bond acceptors (Lipinski definition) is 4. The first-order valence-corrected chi connectivity index (χ1v) is 9.42. The van der Waals surface area contributed by atoms with Crippen molar-refractivity contribution < 1.29 is 22.8 Å². The highest BCUT2D eigenvalue weighted by atomic mass is 19.4. The highest BCUT2D eigenvalue weighted by molar-refractivity contribution is 6.09. The van der Waals surface area contributed by atoms with E-state index in [4.69, 9.17) is 0 Å². The van der Waals surface area contributed by atoms with Crippen LogP contribution in [0.4, 0.5) is 18.9 Å². The van der Waals surface area contributed by atoms with E-state index >= 15 is 0 Å². The van der Waals surface area contributed by atoms with Crippen molar-refractivity contribution in [2.75, 3.05) is 18.9 Å². The van der Waals surface area contributed by atoms with Gasteiger partial charge in [-0.1, -0.05) is 30.3 Å². The Labute approximate surface area is 175 Å². The number of alkyl halides is 3. The summed E-state index contributed by atoms with van der Waals surface area (Å²) in [5, 5.41) is 6.79. The van der Waals surface area contributed by atoms with E-state index in [1.165, 1.54) is 41.4 Å². The van der Waals surface area contributed by atoms with Gasteiger partial charge in [0.2, 0.25) is 11.8 Å². The second-order valence-corrected chi connectivity index (χ2v) is 7.27. The minimum absolute atomic E-state index is 0.142. The largest absolute Gasteiger partial charge is 0.416 e. The molecule has 0 bridgehead atoms. The van der Waals surface area contributed by atoms with Gasteiger partial charge in [0.1, 0.15) is 18.6 Å². The van der Waals surface area contributed by atoms with Gasteiger partial charge in [-0.2, -0.15) is 18.3 Å². The van der Waals surface area contributed by atoms with Gasteiger partial charge in [-0.3, -0.25) is 9.59 Å². The molecule has 1 aliphatic heterocycles. The van der Waals surface area contributed by atoms with Crippen LogP contribution in [-0.2, 0) is 15.8 Å². The number of rotatable bonds is 4. The Hall–Kier alpha value is -3.69. The van der Waals surface area contributed by atoms with Gasteiger partial charge in [-0.05, 0) is 23.8 Å². The highest BCUT2D eigenvalue weighted by Crippen LogP contribution is 2.37. The lowest BCUT2D eigenvalue weighted by Crippen LogP contribution is -2.33. The fourth-order valence-corrected chi connectivity index (χ4v) is 3.76. The Morgan fingerprint density at radius 3 is 2.65 bits per heavy atom. The summed E-state index contributed by atoms with van der Waals surface area (Å²) in [5.74, 6) is -2.90. The van der Waals surface area contributed by atoms with Gasteiger partial charge in [0.25, 0.3) is 0 Å². The van der Waals surface area contributed by atoms with Gasteiger partial charge in [-0.25, -0.2) is 9.67 Å². The molecule has 1 saturated heterocycles. The molecule has 0 radical (unpaired) electrons. The number of halogens is 3. The number of carbonyl (C=O) groups is 2. The number of nitrogens with zero attached hydrogens (tertiary/aromatic N) is 4. The van der Waals surface area contributed by atoms with E-state index in [2.05, 4.69) is 15.4 Å². The number of likely N-dealkylation sites (tertiary alicyclic amines) is 1. The summed E-state index contributed by atoms with van der Waals surface area (Å²) in [5.41, 5.74) is 0.422. The van der Waals surface area contributed by atoms with Gasteiger partial charge in [-0.15, -0.1) is 0 Å². The Balaban J connectivity index is 1.65. The number of benzene rings is 2. The third-order valence-corrected chi connectivity index (χ3v) is 5.27. The predicted molar refractivity (Wildman–Crippen MR) is 105 cm³/mol. The van der Waals surface area contributed by atoms with Crippen LogP contribution in [0.15, 0.2) is 61.2 Å². The van der Waals surface area contributed by atoms with Gasteiger partial charge in [0.15, 0.2) is 0 Å². The number of anilines is 1. The van der Waals surface area contributed by atoms with Crippen molar-refractivity contribution in [1.82, 2.24) is 19.7 Å². The van der Waals surface area contributed by atoms with Crippen molar-refractivity contribution in [3.05, 3.63) is 72.3 Å². The lowest BCUT2D eigenvalue weighted by atomic mass is 9.87. The van der Waals surface area contributed by atoms with Crippen molar-refractivity contribution in [3.8, 4) is 5.69 Å². The summed E-state index contributed by atoms with van der Waals surface area (Å²) in [6, 6.07) is 11.6. The molecule has 2 atom stereocenters. The monoisotopic (exact) mass is 429 g/mol. The van der Waals surface area contributed by atoms with Crippen LogP contribution in [0.25, 0.3) is 5.69 Å². The Morgan fingerprint density at radius 1 is 1.16 bits per heavy atom. The van der Waals surface area contributed by atoms with Gasteiger partial charge in [0.05, 0.1) is 16.9 Å². The van der Waals surface area contributed by atoms with Crippen LogP contribution >= 0.6 is 0 Å². The maximum absolute atomic E-state index is 13.2. The number of carbonyl (C=O) groups excluding carboxylic acids is 2. The Bertz CT molecular complexity index is 1110. The standard InChI is InChI=1S/C21H18F3N5O2/c1-28-10-15(13-5-4-6-14(9-13)21(22,23)24)18(20(28)31)19(30)27-16-7-2-3-8-17(16)29-12-25-11-26-29/h2-9,11-12,15,18H,10H2,1H3,(H,27,30)/t15-,18+/m1/s1. The van der Waals surface area contributed by atoms with E-state index in [0.717, 1.165) is 12.1 Å². The lowest BCUT2D eigenvalue weighted by Gasteiger charge is -2.19. The summed E-state index contributed by atoms with van der Waals surface area (Å²) >= 11 is 0. The van der Waals surface area contributed by atoms with Crippen LogP contribution in [0, 0.1) is 5.92 Å². The Kier molecular flexibility index (Phi) is 5.22. The average Bonchev–Trinajstić information content (AvgIpc) is 3.37. The summed E-state index contributed by atoms with van der Waals surface area (Å²) in [6.07, 6.45) is -1.71. The first kappa shape index (κ1) is 20.6.